The Morgan fingerprint density at radius 3 is 2.12 bits per heavy atom. The quantitative estimate of drug-likeness (QED) is 0.443. The number of hydrogen-bond donors (Lipinski definition) is 0. The summed E-state index contributed by atoms with van der Waals surface area (Å²) in [6.07, 6.45) is 15.1. The van der Waals surface area contributed by atoms with Crippen molar-refractivity contribution in [1.29, 1.82) is 0 Å². The van der Waals surface area contributed by atoms with E-state index in [2.05, 4.69) is 42.9 Å². The summed E-state index contributed by atoms with van der Waals surface area (Å²) in [5, 5.41) is 0. The van der Waals surface area contributed by atoms with Gasteiger partial charge in [0.05, 0.1) is 0 Å². The van der Waals surface area contributed by atoms with Gasteiger partial charge in [-0.1, -0.05) is 39.5 Å². The molecular formula is C16H28N+. The van der Waals surface area contributed by atoms with Crippen molar-refractivity contribution in [2.75, 3.05) is 0 Å². The van der Waals surface area contributed by atoms with E-state index in [9.17, 15) is 0 Å². The van der Waals surface area contributed by atoms with Crippen LogP contribution in [0.5, 0.6) is 0 Å². The van der Waals surface area contributed by atoms with Crippen molar-refractivity contribution in [3.8, 4) is 0 Å². The standard InChI is InChI=1S/C16H28N/c1-3-5-7-9-13-17-14-11-16(12-15-17)10-8-6-4-2/h11-12,14-15H,3-10,13H2,1-2H3/q+1. The minimum atomic E-state index is 1.18. The summed E-state index contributed by atoms with van der Waals surface area (Å²) >= 11 is 0. The maximum absolute atomic E-state index is 2.32. The molecule has 1 rings (SSSR count). The average molecular weight is 234 g/mol. The van der Waals surface area contributed by atoms with Gasteiger partial charge in [0.1, 0.15) is 6.54 Å². The highest BCUT2D eigenvalue weighted by Gasteiger charge is 2.00. The third kappa shape index (κ3) is 6.45. The lowest BCUT2D eigenvalue weighted by Gasteiger charge is -2.00. The molecule has 0 spiro atoms. The Kier molecular flexibility index (Phi) is 7.70. The van der Waals surface area contributed by atoms with Crippen molar-refractivity contribution >= 4 is 0 Å². The Balaban J connectivity index is 2.24. The van der Waals surface area contributed by atoms with Gasteiger partial charge in [0.2, 0.25) is 0 Å². The van der Waals surface area contributed by atoms with E-state index in [0.29, 0.717) is 0 Å². The van der Waals surface area contributed by atoms with Crippen molar-refractivity contribution in [2.24, 2.45) is 0 Å². The highest BCUT2D eigenvalue weighted by Crippen LogP contribution is 2.04. The first-order chi connectivity index (χ1) is 8.36. The zero-order chi connectivity index (χ0) is 12.3. The Morgan fingerprint density at radius 2 is 1.47 bits per heavy atom. The van der Waals surface area contributed by atoms with Crippen LogP contribution in [0, 0.1) is 0 Å². The molecule has 0 saturated carbocycles. The highest BCUT2D eigenvalue weighted by molar-refractivity contribution is 5.07. The largest absolute Gasteiger partial charge is 0.205 e. The zero-order valence-corrected chi connectivity index (χ0v) is 11.6. The van der Waals surface area contributed by atoms with Gasteiger partial charge < -0.3 is 0 Å². The third-order valence-corrected chi connectivity index (χ3v) is 3.30. The van der Waals surface area contributed by atoms with E-state index in [1.807, 2.05) is 0 Å². The topological polar surface area (TPSA) is 3.88 Å². The second-order valence-electron chi connectivity index (χ2n) is 4.96. The van der Waals surface area contributed by atoms with Gasteiger partial charge in [-0.15, -0.1) is 0 Å². The number of aryl methyl sites for hydroxylation is 2. The van der Waals surface area contributed by atoms with Gasteiger partial charge in [0.25, 0.3) is 0 Å². The fourth-order valence-corrected chi connectivity index (χ4v) is 2.10. The maximum Gasteiger partial charge on any atom is 0.169 e. The van der Waals surface area contributed by atoms with Crippen molar-refractivity contribution < 1.29 is 4.57 Å². The number of hydrogen-bond acceptors (Lipinski definition) is 0. The number of rotatable bonds is 9. The summed E-state index contributed by atoms with van der Waals surface area (Å²) in [5.41, 5.74) is 1.49. The van der Waals surface area contributed by atoms with Crippen molar-refractivity contribution in [3.63, 3.8) is 0 Å². The van der Waals surface area contributed by atoms with E-state index in [1.165, 1.54) is 63.5 Å². The van der Waals surface area contributed by atoms with E-state index in [1.54, 1.807) is 0 Å². The van der Waals surface area contributed by atoms with Crippen LogP contribution in [0.2, 0.25) is 0 Å². The molecule has 0 aromatic carbocycles. The summed E-state index contributed by atoms with van der Waals surface area (Å²) in [5.74, 6) is 0. The first-order valence-corrected chi connectivity index (χ1v) is 7.34. The molecule has 0 atom stereocenters. The Hall–Kier alpha value is -0.850. The normalized spacial score (nSPS) is 10.7. The average Bonchev–Trinajstić information content (AvgIpc) is 2.37. The van der Waals surface area contributed by atoms with E-state index in [0.717, 1.165) is 0 Å². The molecule has 0 aliphatic rings. The molecule has 1 aromatic rings. The minimum Gasteiger partial charge on any atom is -0.205 e. The lowest BCUT2D eigenvalue weighted by Crippen LogP contribution is -2.32. The molecule has 0 amide bonds. The molecule has 1 heteroatoms. The van der Waals surface area contributed by atoms with E-state index < -0.39 is 0 Å². The molecular weight excluding hydrogens is 206 g/mol. The molecule has 0 saturated heterocycles. The minimum absolute atomic E-state index is 1.18. The fourth-order valence-electron chi connectivity index (χ4n) is 2.10. The van der Waals surface area contributed by atoms with Crippen molar-refractivity contribution in [1.82, 2.24) is 0 Å². The number of aromatic nitrogens is 1. The Labute approximate surface area is 107 Å². The second-order valence-corrected chi connectivity index (χ2v) is 4.96. The van der Waals surface area contributed by atoms with Gasteiger partial charge in [-0.25, -0.2) is 4.57 Å². The first-order valence-electron chi connectivity index (χ1n) is 7.34. The van der Waals surface area contributed by atoms with Crippen LogP contribution in [-0.4, -0.2) is 0 Å². The maximum atomic E-state index is 2.32. The van der Waals surface area contributed by atoms with E-state index in [4.69, 9.17) is 0 Å². The summed E-state index contributed by atoms with van der Waals surface area (Å²) < 4.78 is 2.32. The molecule has 0 unspecified atom stereocenters. The number of nitrogens with zero attached hydrogens (tertiary/aromatic N) is 1. The van der Waals surface area contributed by atoms with Crippen LogP contribution in [0.1, 0.15) is 64.4 Å². The van der Waals surface area contributed by atoms with Crippen LogP contribution in [0.15, 0.2) is 24.5 Å². The van der Waals surface area contributed by atoms with E-state index >= 15 is 0 Å². The lowest BCUT2D eigenvalue weighted by atomic mass is 10.1. The zero-order valence-electron chi connectivity index (χ0n) is 11.6. The van der Waals surface area contributed by atoms with Gasteiger partial charge in [-0.2, -0.15) is 0 Å². The summed E-state index contributed by atoms with van der Waals surface area (Å²) in [6.45, 7) is 5.70. The molecule has 0 fully saturated rings. The molecule has 0 aliphatic heterocycles. The van der Waals surface area contributed by atoms with Crippen molar-refractivity contribution in [2.45, 2.75) is 71.8 Å². The van der Waals surface area contributed by atoms with Crippen LogP contribution in [0.4, 0.5) is 0 Å². The summed E-state index contributed by atoms with van der Waals surface area (Å²) in [7, 11) is 0. The monoisotopic (exact) mass is 234 g/mol. The molecule has 0 radical (unpaired) electrons. The number of unbranched alkanes of at least 4 members (excludes halogenated alkanes) is 5. The number of pyridine rings is 1. The first kappa shape index (κ1) is 14.2. The molecule has 17 heavy (non-hydrogen) atoms. The highest BCUT2D eigenvalue weighted by atomic mass is 14.9. The van der Waals surface area contributed by atoms with Gasteiger partial charge in [0.15, 0.2) is 12.4 Å². The van der Waals surface area contributed by atoms with E-state index in [-0.39, 0.29) is 0 Å². The van der Waals surface area contributed by atoms with Crippen LogP contribution in [0.3, 0.4) is 0 Å². The van der Waals surface area contributed by atoms with Gasteiger partial charge >= 0.3 is 0 Å². The molecule has 0 aliphatic carbocycles. The lowest BCUT2D eigenvalue weighted by molar-refractivity contribution is -0.697. The van der Waals surface area contributed by atoms with Crippen LogP contribution >= 0.6 is 0 Å². The molecule has 1 aromatic heterocycles. The Bertz CT molecular complexity index is 276. The van der Waals surface area contributed by atoms with Crippen LogP contribution in [0.25, 0.3) is 0 Å². The summed E-state index contributed by atoms with van der Waals surface area (Å²) in [4.78, 5) is 0. The molecule has 1 heterocycles. The van der Waals surface area contributed by atoms with Crippen LogP contribution in [-0.2, 0) is 13.0 Å². The second kappa shape index (κ2) is 9.21. The molecule has 1 nitrogen and oxygen atoms in total. The third-order valence-electron chi connectivity index (χ3n) is 3.30. The molecule has 0 bridgehead atoms. The molecule has 96 valence electrons. The smallest absolute Gasteiger partial charge is 0.169 e. The predicted molar refractivity (Wildman–Crippen MR) is 74.0 cm³/mol. The Morgan fingerprint density at radius 1 is 0.824 bits per heavy atom. The van der Waals surface area contributed by atoms with Gasteiger partial charge in [-0.05, 0) is 24.8 Å². The van der Waals surface area contributed by atoms with Crippen molar-refractivity contribution in [3.05, 3.63) is 30.1 Å². The SMILES string of the molecule is CCCCCC[n+]1ccc(CCCCC)cc1. The fraction of sp³-hybridized carbons (Fsp3) is 0.688. The summed E-state index contributed by atoms with van der Waals surface area (Å²) in [6, 6.07) is 4.57. The molecule has 0 N–H and O–H groups in total. The predicted octanol–water partition coefficient (Wildman–Crippen LogP) is 4.29. The van der Waals surface area contributed by atoms with Gasteiger partial charge in [-0.3, -0.25) is 0 Å². The van der Waals surface area contributed by atoms with Gasteiger partial charge in [0, 0.05) is 18.6 Å². The van der Waals surface area contributed by atoms with Crippen LogP contribution < -0.4 is 4.57 Å².